The van der Waals surface area contributed by atoms with Crippen molar-refractivity contribution in [1.82, 2.24) is 5.32 Å². The maximum Gasteiger partial charge on any atom is 0.0897 e. The van der Waals surface area contributed by atoms with Crippen molar-refractivity contribution in [3.05, 3.63) is 0 Å². The summed E-state index contributed by atoms with van der Waals surface area (Å²) < 4.78 is 10.9. The summed E-state index contributed by atoms with van der Waals surface area (Å²) in [5.74, 6) is 1.58. The summed E-state index contributed by atoms with van der Waals surface area (Å²) in [6.07, 6.45) is 5.62. The zero-order valence-electron chi connectivity index (χ0n) is 14.1. The number of nitrogens with one attached hydrogen (secondary N) is 1. The smallest absolute Gasteiger partial charge is 0.0897 e. The van der Waals surface area contributed by atoms with Gasteiger partial charge in [-0.3, -0.25) is 0 Å². The van der Waals surface area contributed by atoms with Crippen LogP contribution in [0.2, 0.25) is 0 Å². The first kappa shape index (κ1) is 18.9. The maximum atomic E-state index is 9.92. The number of aliphatic hydroxyl groups excluding tert-OH is 1. The van der Waals surface area contributed by atoms with Crippen LogP contribution >= 0.6 is 0 Å². The van der Waals surface area contributed by atoms with Gasteiger partial charge in [0.05, 0.1) is 25.9 Å². The van der Waals surface area contributed by atoms with Crippen LogP contribution in [0.15, 0.2) is 0 Å². The second kappa shape index (κ2) is 11.4. The number of unbranched alkanes of at least 4 members (excludes halogenated alkanes) is 1. The molecule has 1 saturated carbocycles. The first-order chi connectivity index (χ1) is 10.1. The van der Waals surface area contributed by atoms with Crippen LogP contribution in [0.5, 0.6) is 0 Å². The van der Waals surface area contributed by atoms with Crippen molar-refractivity contribution >= 4 is 0 Å². The van der Waals surface area contributed by atoms with Crippen LogP contribution in [-0.4, -0.2) is 50.2 Å². The van der Waals surface area contributed by atoms with Crippen LogP contribution in [-0.2, 0) is 9.47 Å². The minimum absolute atomic E-state index is 0.391. The molecule has 0 aromatic heterocycles. The van der Waals surface area contributed by atoms with Gasteiger partial charge >= 0.3 is 0 Å². The normalized spacial score (nSPS) is 27.7. The number of rotatable bonds is 11. The lowest BCUT2D eigenvalue weighted by atomic mass is 9.80. The van der Waals surface area contributed by atoms with Crippen molar-refractivity contribution in [2.75, 3.05) is 33.0 Å². The average molecular weight is 301 g/mol. The molecular weight excluding hydrogens is 266 g/mol. The molecule has 2 N–H and O–H groups in total. The third-order valence-electron chi connectivity index (χ3n) is 4.15. The van der Waals surface area contributed by atoms with Crippen LogP contribution in [0.1, 0.15) is 52.9 Å². The third-order valence-corrected chi connectivity index (χ3v) is 4.15. The van der Waals surface area contributed by atoms with Crippen molar-refractivity contribution in [2.24, 2.45) is 11.8 Å². The lowest BCUT2D eigenvalue weighted by Crippen LogP contribution is -2.41. The molecule has 1 aliphatic rings. The summed E-state index contributed by atoms with van der Waals surface area (Å²) in [4.78, 5) is 0. The monoisotopic (exact) mass is 301 g/mol. The van der Waals surface area contributed by atoms with Crippen molar-refractivity contribution in [2.45, 2.75) is 65.0 Å². The molecule has 1 aliphatic carbocycles. The lowest BCUT2D eigenvalue weighted by Gasteiger charge is -2.32. The lowest BCUT2D eigenvalue weighted by molar-refractivity contribution is 0.00243. The average Bonchev–Trinajstić information content (AvgIpc) is 2.43. The second-order valence-electron chi connectivity index (χ2n) is 6.72. The fraction of sp³-hybridized carbons (Fsp3) is 1.00. The van der Waals surface area contributed by atoms with E-state index in [0.29, 0.717) is 32.4 Å². The Bertz CT molecular complexity index is 240. The molecule has 3 unspecified atom stereocenters. The molecule has 4 nitrogen and oxygen atoms in total. The van der Waals surface area contributed by atoms with Crippen molar-refractivity contribution in [3.63, 3.8) is 0 Å². The Morgan fingerprint density at radius 2 is 1.71 bits per heavy atom. The highest BCUT2D eigenvalue weighted by Gasteiger charge is 2.23. The first-order valence-electron chi connectivity index (χ1n) is 8.68. The van der Waals surface area contributed by atoms with Gasteiger partial charge in [-0.05, 0) is 37.5 Å². The number of hydrogen-bond donors (Lipinski definition) is 2. The minimum atomic E-state index is -0.423. The summed E-state index contributed by atoms with van der Waals surface area (Å²) in [6, 6.07) is 0.552. The molecule has 1 rings (SSSR count). The molecule has 0 aliphatic heterocycles. The van der Waals surface area contributed by atoms with E-state index in [4.69, 9.17) is 9.47 Å². The Morgan fingerprint density at radius 1 is 1.05 bits per heavy atom. The quantitative estimate of drug-likeness (QED) is 0.576. The summed E-state index contributed by atoms with van der Waals surface area (Å²) in [6.45, 7) is 9.81. The molecular formula is C17H35NO3. The first-order valence-corrected chi connectivity index (χ1v) is 8.68. The molecule has 0 heterocycles. The van der Waals surface area contributed by atoms with Gasteiger partial charge in [-0.1, -0.05) is 27.2 Å². The Labute approximate surface area is 130 Å². The molecule has 126 valence electrons. The molecule has 4 heteroatoms. The van der Waals surface area contributed by atoms with Gasteiger partial charge in [-0.25, -0.2) is 0 Å². The van der Waals surface area contributed by atoms with E-state index in [1.54, 1.807) is 0 Å². The second-order valence-corrected chi connectivity index (χ2v) is 6.72. The molecule has 3 atom stereocenters. The number of aliphatic hydroxyl groups is 1. The minimum Gasteiger partial charge on any atom is -0.389 e. The highest BCUT2D eigenvalue weighted by atomic mass is 16.5. The van der Waals surface area contributed by atoms with Crippen molar-refractivity contribution < 1.29 is 14.6 Å². The van der Waals surface area contributed by atoms with Gasteiger partial charge < -0.3 is 19.9 Å². The topological polar surface area (TPSA) is 50.7 Å². The highest BCUT2D eigenvalue weighted by Crippen LogP contribution is 2.28. The van der Waals surface area contributed by atoms with Gasteiger partial charge in [0.25, 0.3) is 0 Å². The van der Waals surface area contributed by atoms with E-state index in [1.165, 1.54) is 19.3 Å². The Kier molecular flexibility index (Phi) is 10.3. The largest absolute Gasteiger partial charge is 0.389 e. The van der Waals surface area contributed by atoms with Crippen molar-refractivity contribution in [1.29, 1.82) is 0 Å². The maximum absolute atomic E-state index is 9.92. The highest BCUT2D eigenvalue weighted by molar-refractivity contribution is 4.80. The van der Waals surface area contributed by atoms with Gasteiger partial charge in [0.1, 0.15) is 0 Å². The van der Waals surface area contributed by atoms with Gasteiger partial charge in [-0.2, -0.15) is 0 Å². The number of ether oxygens (including phenoxy) is 2. The van der Waals surface area contributed by atoms with Crippen LogP contribution < -0.4 is 5.32 Å². The van der Waals surface area contributed by atoms with Gasteiger partial charge in [-0.15, -0.1) is 0 Å². The summed E-state index contributed by atoms with van der Waals surface area (Å²) in [5.41, 5.74) is 0. The molecule has 0 bridgehead atoms. The van der Waals surface area contributed by atoms with Crippen LogP contribution in [0, 0.1) is 11.8 Å². The van der Waals surface area contributed by atoms with Gasteiger partial charge in [0, 0.05) is 19.2 Å². The molecule has 0 aromatic carbocycles. The summed E-state index contributed by atoms with van der Waals surface area (Å²) >= 11 is 0. The number of hydrogen-bond acceptors (Lipinski definition) is 4. The fourth-order valence-electron chi connectivity index (χ4n) is 3.16. The molecule has 0 saturated heterocycles. The Hall–Kier alpha value is -0.160. The van der Waals surface area contributed by atoms with E-state index in [-0.39, 0.29) is 0 Å². The van der Waals surface area contributed by atoms with E-state index < -0.39 is 6.10 Å². The predicted molar refractivity (Wildman–Crippen MR) is 86.5 cm³/mol. The van der Waals surface area contributed by atoms with E-state index in [0.717, 1.165) is 31.3 Å². The Morgan fingerprint density at radius 3 is 2.38 bits per heavy atom. The molecule has 21 heavy (non-hydrogen) atoms. The van der Waals surface area contributed by atoms with Crippen molar-refractivity contribution in [3.8, 4) is 0 Å². The molecule has 0 aromatic rings. The Balaban J connectivity index is 1.97. The standard InChI is InChI=1S/C17H35NO3/c1-4-5-6-20-7-8-21-13-17(19)12-18-16-10-14(2)9-15(3)11-16/h14-19H,4-13H2,1-3H3. The van der Waals surface area contributed by atoms with E-state index in [9.17, 15) is 5.11 Å². The van der Waals surface area contributed by atoms with E-state index >= 15 is 0 Å². The van der Waals surface area contributed by atoms with Gasteiger partial charge in [0.15, 0.2) is 0 Å². The predicted octanol–water partition coefficient (Wildman–Crippen LogP) is 2.59. The molecule has 0 amide bonds. The van der Waals surface area contributed by atoms with Crippen LogP contribution in [0.4, 0.5) is 0 Å². The summed E-state index contributed by atoms with van der Waals surface area (Å²) in [7, 11) is 0. The van der Waals surface area contributed by atoms with Crippen LogP contribution in [0.25, 0.3) is 0 Å². The van der Waals surface area contributed by atoms with E-state index in [2.05, 4.69) is 26.1 Å². The van der Waals surface area contributed by atoms with E-state index in [1.807, 2.05) is 0 Å². The molecule has 0 spiro atoms. The zero-order valence-corrected chi connectivity index (χ0v) is 14.1. The zero-order chi connectivity index (χ0) is 15.5. The molecule has 1 fully saturated rings. The summed E-state index contributed by atoms with van der Waals surface area (Å²) in [5, 5.41) is 13.4. The van der Waals surface area contributed by atoms with Crippen LogP contribution in [0.3, 0.4) is 0 Å². The molecule has 0 radical (unpaired) electrons. The fourth-order valence-corrected chi connectivity index (χ4v) is 3.16. The van der Waals surface area contributed by atoms with Gasteiger partial charge in [0.2, 0.25) is 0 Å². The third kappa shape index (κ3) is 9.46. The SMILES string of the molecule is CCCCOCCOCC(O)CNC1CC(C)CC(C)C1.